The molecule has 1 atom stereocenters. The average Bonchev–Trinajstić information content (AvgIpc) is 2.14. The molecule has 0 spiro atoms. The summed E-state index contributed by atoms with van der Waals surface area (Å²) in [6, 6.07) is 0. The molecule has 0 aromatic carbocycles. The predicted molar refractivity (Wildman–Crippen MR) is 70.8 cm³/mol. The number of thioether (sulfide) groups is 1. The van der Waals surface area contributed by atoms with Crippen molar-refractivity contribution in [1.29, 1.82) is 0 Å². The highest BCUT2D eigenvalue weighted by molar-refractivity contribution is 8.00. The van der Waals surface area contributed by atoms with Crippen molar-refractivity contribution in [1.82, 2.24) is 4.72 Å². The third-order valence-electron chi connectivity index (χ3n) is 2.12. The summed E-state index contributed by atoms with van der Waals surface area (Å²) in [5.41, 5.74) is 5.30. The number of hydrogen-bond acceptors (Lipinski definition) is 4. The molecule has 15 heavy (non-hydrogen) atoms. The second-order valence-corrected chi connectivity index (χ2v) is 7.95. The van der Waals surface area contributed by atoms with E-state index in [-0.39, 0.29) is 9.74 Å². The van der Waals surface area contributed by atoms with E-state index in [4.69, 9.17) is 5.73 Å². The molecule has 0 radical (unpaired) electrons. The predicted octanol–water partition coefficient (Wildman–Crippen LogP) is 0.722. The molecule has 4 nitrogen and oxygen atoms in total. The first-order valence-corrected chi connectivity index (χ1v) is 7.63. The molecule has 0 heterocycles. The first-order valence-electron chi connectivity index (χ1n) is 4.45. The lowest BCUT2D eigenvalue weighted by molar-refractivity contribution is 0.568. The van der Waals surface area contributed by atoms with Crippen LogP contribution in [0.3, 0.4) is 0 Å². The third kappa shape index (κ3) is 5.14. The van der Waals surface area contributed by atoms with Crippen molar-refractivity contribution in [3.63, 3.8) is 0 Å². The van der Waals surface area contributed by atoms with E-state index in [9.17, 15) is 8.42 Å². The molecule has 0 aromatic rings. The van der Waals surface area contributed by atoms with Crippen LogP contribution in [0.15, 0.2) is 0 Å². The molecular formula is C8H18N2O2S3. The summed E-state index contributed by atoms with van der Waals surface area (Å²) < 4.78 is 25.7. The van der Waals surface area contributed by atoms with Crippen LogP contribution in [0.25, 0.3) is 0 Å². The second kappa shape index (κ2) is 5.47. The normalized spacial score (nSPS) is 14.9. The lowest BCUT2D eigenvalue weighted by atomic mass is 10.2. The Hall–Kier alpha value is 0.150. The van der Waals surface area contributed by atoms with E-state index in [0.717, 1.165) is 0 Å². The second-order valence-electron chi connectivity index (χ2n) is 3.87. The summed E-state index contributed by atoms with van der Waals surface area (Å²) in [4.78, 5) is -0.00976. The monoisotopic (exact) mass is 270 g/mol. The zero-order chi connectivity index (χ0) is 12.3. The Kier molecular flexibility index (Phi) is 5.52. The average molecular weight is 270 g/mol. The van der Waals surface area contributed by atoms with Gasteiger partial charge in [0.1, 0.15) is 5.25 Å². The van der Waals surface area contributed by atoms with E-state index < -0.39 is 15.3 Å². The smallest absolute Gasteiger partial charge is 0.220 e. The van der Waals surface area contributed by atoms with Crippen molar-refractivity contribution < 1.29 is 8.42 Å². The van der Waals surface area contributed by atoms with Crippen LogP contribution in [0.1, 0.15) is 20.8 Å². The Balaban J connectivity index is 4.48. The maximum atomic E-state index is 11.6. The van der Waals surface area contributed by atoms with Gasteiger partial charge in [-0.25, -0.2) is 13.1 Å². The lowest BCUT2D eigenvalue weighted by Crippen LogP contribution is -2.44. The topological polar surface area (TPSA) is 72.2 Å². The zero-order valence-corrected chi connectivity index (χ0v) is 11.9. The first-order chi connectivity index (χ1) is 6.62. The van der Waals surface area contributed by atoms with Gasteiger partial charge in [-0.2, -0.15) is 11.8 Å². The van der Waals surface area contributed by atoms with Crippen molar-refractivity contribution in [3.05, 3.63) is 0 Å². The Bertz CT molecular complexity index is 325. The number of thiocarbonyl (C=S) groups is 1. The van der Waals surface area contributed by atoms with E-state index in [2.05, 4.69) is 16.9 Å². The zero-order valence-electron chi connectivity index (χ0n) is 9.40. The fourth-order valence-electron chi connectivity index (χ4n) is 0.624. The van der Waals surface area contributed by atoms with Crippen LogP contribution in [-0.2, 0) is 10.0 Å². The van der Waals surface area contributed by atoms with Gasteiger partial charge in [0, 0.05) is 11.3 Å². The van der Waals surface area contributed by atoms with E-state index in [1.807, 2.05) is 20.1 Å². The Morgan fingerprint density at radius 1 is 1.60 bits per heavy atom. The van der Waals surface area contributed by atoms with Gasteiger partial charge in [0.15, 0.2) is 0 Å². The van der Waals surface area contributed by atoms with Crippen LogP contribution in [0.2, 0.25) is 0 Å². The maximum absolute atomic E-state index is 11.6. The third-order valence-corrected chi connectivity index (χ3v) is 5.60. The fraction of sp³-hybridized carbons (Fsp3) is 0.875. The van der Waals surface area contributed by atoms with Gasteiger partial charge in [-0.15, -0.1) is 0 Å². The van der Waals surface area contributed by atoms with E-state index in [1.165, 1.54) is 6.92 Å². The van der Waals surface area contributed by atoms with Gasteiger partial charge in [-0.1, -0.05) is 12.2 Å². The summed E-state index contributed by atoms with van der Waals surface area (Å²) in [6.07, 6.45) is 1.94. The van der Waals surface area contributed by atoms with Crippen molar-refractivity contribution in [2.24, 2.45) is 5.73 Å². The largest absolute Gasteiger partial charge is 0.392 e. The number of sulfonamides is 1. The first kappa shape index (κ1) is 15.2. The Morgan fingerprint density at radius 3 is 2.40 bits per heavy atom. The van der Waals surface area contributed by atoms with Gasteiger partial charge in [0.2, 0.25) is 10.0 Å². The molecule has 0 fully saturated rings. The van der Waals surface area contributed by atoms with Crippen molar-refractivity contribution >= 4 is 39.0 Å². The Labute approximate surface area is 101 Å². The van der Waals surface area contributed by atoms with Crippen LogP contribution in [0.5, 0.6) is 0 Å². The molecule has 1 unspecified atom stereocenters. The van der Waals surface area contributed by atoms with Gasteiger partial charge >= 0.3 is 0 Å². The minimum Gasteiger partial charge on any atom is -0.392 e. The molecule has 0 saturated heterocycles. The summed E-state index contributed by atoms with van der Waals surface area (Å²) in [5, 5.41) is -0.829. The molecule has 90 valence electrons. The van der Waals surface area contributed by atoms with E-state index in [0.29, 0.717) is 6.54 Å². The molecule has 0 saturated carbocycles. The minimum absolute atomic E-state index is 0.00976. The quantitative estimate of drug-likeness (QED) is 0.696. The SMILES string of the molecule is CSC(C)(C)CNS(=O)(=O)C(C)C(N)=S. The van der Waals surface area contributed by atoms with Crippen molar-refractivity contribution in [2.75, 3.05) is 12.8 Å². The highest BCUT2D eigenvalue weighted by atomic mass is 32.2. The number of nitrogens with one attached hydrogen (secondary N) is 1. The van der Waals surface area contributed by atoms with Gasteiger partial charge in [0.25, 0.3) is 0 Å². The summed E-state index contributed by atoms with van der Waals surface area (Å²) in [7, 11) is -3.43. The van der Waals surface area contributed by atoms with Gasteiger partial charge in [-0.3, -0.25) is 0 Å². The summed E-state index contributed by atoms with van der Waals surface area (Å²) >= 11 is 6.25. The number of rotatable bonds is 6. The highest BCUT2D eigenvalue weighted by Crippen LogP contribution is 2.20. The van der Waals surface area contributed by atoms with Gasteiger partial charge < -0.3 is 5.73 Å². The molecule has 0 amide bonds. The molecule has 0 aliphatic carbocycles. The van der Waals surface area contributed by atoms with Crippen LogP contribution in [0, 0.1) is 0 Å². The summed E-state index contributed by atoms with van der Waals surface area (Å²) in [5.74, 6) is 0. The van der Waals surface area contributed by atoms with E-state index in [1.54, 1.807) is 11.8 Å². The number of hydrogen-bond donors (Lipinski definition) is 2. The summed E-state index contributed by atoms with van der Waals surface area (Å²) in [6.45, 7) is 5.78. The minimum atomic E-state index is -3.43. The fourth-order valence-corrected chi connectivity index (χ4v) is 2.43. The van der Waals surface area contributed by atoms with Crippen LogP contribution >= 0.6 is 24.0 Å². The van der Waals surface area contributed by atoms with E-state index >= 15 is 0 Å². The lowest BCUT2D eigenvalue weighted by Gasteiger charge is -2.23. The molecule has 3 N–H and O–H groups in total. The van der Waals surface area contributed by atoms with Crippen LogP contribution < -0.4 is 10.5 Å². The van der Waals surface area contributed by atoms with Gasteiger partial charge in [0.05, 0.1) is 4.99 Å². The molecular weight excluding hydrogens is 252 g/mol. The molecule has 0 aliphatic heterocycles. The molecule has 0 rings (SSSR count). The van der Waals surface area contributed by atoms with Gasteiger partial charge in [-0.05, 0) is 27.0 Å². The Morgan fingerprint density at radius 2 is 2.07 bits per heavy atom. The highest BCUT2D eigenvalue weighted by Gasteiger charge is 2.26. The number of nitrogens with two attached hydrogens (primary N) is 1. The standard InChI is InChI=1S/C8H18N2O2S3/c1-6(7(9)13)15(11,12)10-5-8(2,3)14-4/h6,10H,5H2,1-4H3,(H2,9,13). The molecule has 0 aromatic heterocycles. The molecule has 0 bridgehead atoms. The van der Waals surface area contributed by atoms with Crippen molar-refractivity contribution in [2.45, 2.75) is 30.8 Å². The van der Waals surface area contributed by atoms with Crippen LogP contribution in [-0.4, -0.2) is 36.2 Å². The van der Waals surface area contributed by atoms with Crippen LogP contribution in [0.4, 0.5) is 0 Å². The molecule has 7 heteroatoms. The van der Waals surface area contributed by atoms with Crippen molar-refractivity contribution in [3.8, 4) is 0 Å². The maximum Gasteiger partial charge on any atom is 0.220 e. The molecule has 0 aliphatic rings.